The highest BCUT2D eigenvalue weighted by Crippen LogP contribution is 2.36. The van der Waals surface area contributed by atoms with E-state index in [0.29, 0.717) is 11.5 Å². The van der Waals surface area contributed by atoms with Crippen LogP contribution in [0.5, 0.6) is 0 Å². The molecule has 2 heterocycles. The zero-order valence-electron chi connectivity index (χ0n) is 12.0. The summed E-state index contributed by atoms with van der Waals surface area (Å²) in [6, 6.07) is 11.2. The Hall–Kier alpha value is -2.63. The van der Waals surface area contributed by atoms with E-state index in [9.17, 15) is 4.79 Å². The highest BCUT2D eigenvalue weighted by atomic mass is 16.6. The third-order valence-electron chi connectivity index (χ3n) is 3.35. The predicted octanol–water partition coefficient (Wildman–Crippen LogP) is 2.40. The van der Waals surface area contributed by atoms with Crippen molar-refractivity contribution in [2.45, 2.75) is 26.5 Å². The minimum atomic E-state index is -0.991. The predicted molar refractivity (Wildman–Crippen MR) is 75.2 cm³/mol. The average Bonchev–Trinajstić information content (AvgIpc) is 3.04. The lowest BCUT2D eigenvalue weighted by Gasteiger charge is -2.30. The average molecular weight is 285 g/mol. The molecule has 0 fully saturated rings. The number of carbonyl (C=O) groups is 1. The van der Waals surface area contributed by atoms with Crippen molar-refractivity contribution in [2.24, 2.45) is 5.10 Å². The van der Waals surface area contributed by atoms with Crippen LogP contribution in [0.25, 0.3) is 0 Å². The molecule has 0 spiro atoms. The molecule has 1 unspecified atom stereocenters. The maximum atomic E-state index is 11.9. The lowest BCUT2D eigenvalue weighted by molar-refractivity contribution is -0.146. The summed E-state index contributed by atoms with van der Waals surface area (Å²) in [6.07, 6.45) is 0. The molecule has 3 rings (SSSR count). The molecule has 1 aromatic carbocycles. The molecule has 1 atom stereocenters. The zero-order chi connectivity index (χ0) is 15.0. The Bertz CT molecular complexity index is 708. The molecule has 1 aromatic heterocycles. The van der Waals surface area contributed by atoms with Gasteiger partial charge in [-0.25, -0.2) is 0 Å². The van der Waals surface area contributed by atoms with E-state index in [0.717, 1.165) is 5.56 Å². The minimum Gasteiger partial charge on any atom is -0.442 e. The molecule has 6 heteroatoms. The van der Waals surface area contributed by atoms with E-state index in [4.69, 9.17) is 9.26 Å². The van der Waals surface area contributed by atoms with Crippen LogP contribution >= 0.6 is 0 Å². The normalized spacial score (nSPS) is 21.1. The summed E-state index contributed by atoms with van der Waals surface area (Å²) >= 11 is 0. The number of aryl methyl sites for hydroxylation is 1. The Labute approximate surface area is 122 Å². The van der Waals surface area contributed by atoms with Gasteiger partial charge in [-0.05, 0) is 6.92 Å². The fraction of sp³-hybridized carbons (Fsp3) is 0.267. The Balaban J connectivity index is 2.02. The van der Waals surface area contributed by atoms with E-state index < -0.39 is 5.72 Å². The van der Waals surface area contributed by atoms with Crippen molar-refractivity contribution in [1.29, 1.82) is 0 Å². The summed E-state index contributed by atoms with van der Waals surface area (Å²) in [6.45, 7) is 5.03. The number of aromatic nitrogens is 1. The number of benzene rings is 1. The molecule has 1 aliphatic rings. The Morgan fingerprint density at radius 3 is 2.57 bits per heavy atom. The van der Waals surface area contributed by atoms with Crippen LogP contribution in [-0.2, 0) is 15.3 Å². The van der Waals surface area contributed by atoms with Gasteiger partial charge < -0.3 is 9.26 Å². The van der Waals surface area contributed by atoms with Crippen molar-refractivity contribution in [3.63, 3.8) is 0 Å². The Morgan fingerprint density at radius 2 is 2.00 bits per heavy atom. The molecule has 0 saturated carbocycles. The molecule has 2 aromatic rings. The second-order valence-corrected chi connectivity index (χ2v) is 5.01. The van der Waals surface area contributed by atoms with Crippen molar-refractivity contribution < 1.29 is 14.1 Å². The van der Waals surface area contributed by atoms with E-state index in [1.54, 1.807) is 19.9 Å². The van der Waals surface area contributed by atoms with Crippen molar-refractivity contribution in [1.82, 2.24) is 10.2 Å². The molecule has 21 heavy (non-hydrogen) atoms. The zero-order valence-corrected chi connectivity index (χ0v) is 12.0. The van der Waals surface area contributed by atoms with Gasteiger partial charge in [0.05, 0.1) is 0 Å². The quantitative estimate of drug-likeness (QED) is 0.849. The van der Waals surface area contributed by atoms with Gasteiger partial charge in [0.15, 0.2) is 5.69 Å². The smallest absolute Gasteiger partial charge is 0.263 e. The van der Waals surface area contributed by atoms with Crippen LogP contribution in [0.2, 0.25) is 0 Å². The molecule has 6 nitrogen and oxygen atoms in total. The summed E-state index contributed by atoms with van der Waals surface area (Å²) in [4.78, 5) is 11.9. The molecule has 1 aliphatic heterocycles. The third kappa shape index (κ3) is 2.18. The number of amides is 1. The van der Waals surface area contributed by atoms with Crippen molar-refractivity contribution in [2.75, 3.05) is 0 Å². The van der Waals surface area contributed by atoms with E-state index in [1.165, 1.54) is 11.9 Å². The second-order valence-electron chi connectivity index (χ2n) is 5.01. The largest absolute Gasteiger partial charge is 0.442 e. The number of hydrazone groups is 1. The number of ether oxygens (including phenoxy) is 1. The number of nitrogens with zero attached hydrogens (tertiary/aromatic N) is 3. The van der Waals surface area contributed by atoms with Gasteiger partial charge in [0.25, 0.3) is 5.90 Å². The summed E-state index contributed by atoms with van der Waals surface area (Å²) in [7, 11) is 0. The summed E-state index contributed by atoms with van der Waals surface area (Å²) in [5, 5.41) is 9.46. The fourth-order valence-electron chi connectivity index (χ4n) is 2.31. The highest BCUT2D eigenvalue weighted by molar-refractivity contribution is 5.95. The summed E-state index contributed by atoms with van der Waals surface area (Å²) in [5.74, 6) is 0.712. The molecule has 0 aliphatic carbocycles. The van der Waals surface area contributed by atoms with E-state index in [1.807, 2.05) is 30.3 Å². The lowest BCUT2D eigenvalue weighted by Crippen LogP contribution is -2.41. The lowest BCUT2D eigenvalue weighted by atomic mass is 10.0. The molecule has 0 bridgehead atoms. The maximum Gasteiger partial charge on any atom is 0.263 e. The molecule has 0 radical (unpaired) electrons. The first kappa shape index (κ1) is 13.4. The van der Waals surface area contributed by atoms with E-state index in [-0.39, 0.29) is 11.8 Å². The highest BCUT2D eigenvalue weighted by Gasteiger charge is 2.45. The van der Waals surface area contributed by atoms with Gasteiger partial charge in [-0.1, -0.05) is 35.5 Å². The van der Waals surface area contributed by atoms with Gasteiger partial charge in [0, 0.05) is 25.5 Å². The van der Waals surface area contributed by atoms with Gasteiger partial charge in [-0.15, -0.1) is 5.10 Å². The van der Waals surface area contributed by atoms with Crippen LogP contribution in [0, 0.1) is 6.92 Å². The van der Waals surface area contributed by atoms with Crippen molar-refractivity contribution in [3.8, 4) is 0 Å². The molecule has 0 saturated heterocycles. The molecule has 0 N–H and O–H groups in total. The molecular weight excluding hydrogens is 270 g/mol. The first-order valence-electron chi connectivity index (χ1n) is 6.58. The van der Waals surface area contributed by atoms with Gasteiger partial charge in [0.1, 0.15) is 5.76 Å². The van der Waals surface area contributed by atoms with Crippen molar-refractivity contribution >= 4 is 11.8 Å². The van der Waals surface area contributed by atoms with Crippen LogP contribution in [-0.4, -0.2) is 22.0 Å². The number of rotatable bonds is 2. The van der Waals surface area contributed by atoms with Crippen LogP contribution in [0.3, 0.4) is 0 Å². The van der Waals surface area contributed by atoms with E-state index in [2.05, 4.69) is 10.3 Å². The van der Waals surface area contributed by atoms with Crippen LogP contribution in [0.1, 0.15) is 30.9 Å². The second kappa shape index (κ2) is 4.73. The molecule has 108 valence electrons. The Kier molecular flexibility index (Phi) is 3.01. The van der Waals surface area contributed by atoms with Gasteiger partial charge in [-0.2, -0.15) is 5.01 Å². The van der Waals surface area contributed by atoms with Gasteiger partial charge >= 0.3 is 0 Å². The van der Waals surface area contributed by atoms with E-state index >= 15 is 0 Å². The number of carbonyl (C=O) groups excluding carboxylic acids is 1. The number of hydrogen-bond acceptors (Lipinski definition) is 5. The van der Waals surface area contributed by atoms with Crippen LogP contribution in [0.4, 0.5) is 0 Å². The summed E-state index contributed by atoms with van der Waals surface area (Å²) in [5.41, 5.74) is 0.313. The molecule has 1 amide bonds. The first-order chi connectivity index (χ1) is 10.0. The number of hydrogen-bond donors (Lipinski definition) is 0. The standard InChI is InChI=1S/C15H15N3O3/c1-10-9-13(17-21-10)14-16-18(11(2)19)15(3,20-14)12-7-5-4-6-8-12/h4-9H,1-3H3. The monoisotopic (exact) mass is 285 g/mol. The minimum absolute atomic E-state index is 0.212. The van der Waals surface area contributed by atoms with Crippen LogP contribution < -0.4 is 0 Å². The molecular formula is C15H15N3O3. The topological polar surface area (TPSA) is 67.9 Å². The summed E-state index contributed by atoms with van der Waals surface area (Å²) < 4.78 is 11.0. The Morgan fingerprint density at radius 1 is 1.29 bits per heavy atom. The third-order valence-corrected chi connectivity index (χ3v) is 3.35. The fourth-order valence-corrected chi connectivity index (χ4v) is 2.31. The maximum absolute atomic E-state index is 11.9. The van der Waals surface area contributed by atoms with Gasteiger partial charge in [-0.3, -0.25) is 4.79 Å². The SMILES string of the molecule is CC(=O)N1N=C(c2cc(C)on2)OC1(C)c1ccccc1. The van der Waals surface area contributed by atoms with Gasteiger partial charge in [0.2, 0.25) is 11.6 Å². The van der Waals surface area contributed by atoms with Crippen molar-refractivity contribution in [3.05, 3.63) is 53.4 Å². The van der Waals surface area contributed by atoms with Crippen LogP contribution in [0.15, 0.2) is 46.0 Å². The first-order valence-corrected chi connectivity index (χ1v) is 6.58.